The number of carboxylic acids is 1. The van der Waals surface area contributed by atoms with Crippen LogP contribution in [-0.4, -0.2) is 21.0 Å². The molecule has 0 aliphatic heterocycles. The molecule has 0 aliphatic rings. The number of hydrogen-bond donors (Lipinski definition) is 1. The van der Waals surface area contributed by atoms with Gasteiger partial charge >= 0.3 is 5.97 Å². The summed E-state index contributed by atoms with van der Waals surface area (Å²) in [4.78, 5) is 11.1. The fraction of sp³-hybridized carbons (Fsp3) is 0.500. The molecule has 0 saturated carbocycles. The lowest BCUT2D eigenvalue weighted by Crippen LogP contribution is -2.08. The lowest BCUT2D eigenvalue weighted by Gasteiger charge is -2.04. The quantitative estimate of drug-likeness (QED) is 0.867. The van der Waals surface area contributed by atoms with Gasteiger partial charge in [-0.15, -0.1) is 11.3 Å². The van der Waals surface area contributed by atoms with Crippen molar-refractivity contribution >= 4 is 28.1 Å². The highest BCUT2D eigenvalue weighted by Crippen LogP contribution is 2.18. The minimum Gasteiger partial charge on any atom is -0.477 e. The Labute approximate surface area is 95.6 Å². The van der Waals surface area contributed by atoms with Crippen molar-refractivity contribution < 1.29 is 14.1 Å². The molecule has 1 heterocycles. The van der Waals surface area contributed by atoms with Crippen molar-refractivity contribution in [2.24, 2.45) is 5.92 Å². The van der Waals surface area contributed by atoms with Gasteiger partial charge < -0.3 is 5.11 Å². The molecule has 0 saturated heterocycles. The minimum absolute atomic E-state index is 0.312. The molecule has 1 atom stereocenters. The Kier molecular flexibility index (Phi) is 4.47. The van der Waals surface area contributed by atoms with Crippen LogP contribution in [0.2, 0.25) is 0 Å². The number of rotatable bonds is 5. The molecular weight excluding hydrogens is 232 g/mol. The second kappa shape index (κ2) is 5.42. The van der Waals surface area contributed by atoms with Crippen LogP contribution in [0.4, 0.5) is 0 Å². The Morgan fingerprint density at radius 3 is 2.80 bits per heavy atom. The van der Waals surface area contributed by atoms with E-state index >= 15 is 0 Å². The van der Waals surface area contributed by atoms with Crippen molar-refractivity contribution in [2.75, 3.05) is 5.75 Å². The first kappa shape index (κ1) is 12.4. The van der Waals surface area contributed by atoms with Gasteiger partial charge in [0.05, 0.1) is 5.75 Å². The Hall–Kier alpha value is -0.680. The molecule has 1 unspecified atom stereocenters. The van der Waals surface area contributed by atoms with E-state index in [9.17, 15) is 9.00 Å². The molecule has 0 aromatic carbocycles. The van der Waals surface area contributed by atoms with E-state index in [-0.39, 0.29) is 0 Å². The number of carbonyl (C=O) groups is 1. The topological polar surface area (TPSA) is 54.4 Å². The van der Waals surface area contributed by atoms with Crippen molar-refractivity contribution in [3.63, 3.8) is 0 Å². The summed E-state index contributed by atoms with van der Waals surface area (Å²) in [7, 11) is -0.963. The molecule has 84 valence electrons. The van der Waals surface area contributed by atoms with Gasteiger partial charge in [-0.1, -0.05) is 13.8 Å². The zero-order valence-electron chi connectivity index (χ0n) is 8.73. The number of carboxylic acid groups (broad SMARTS) is 1. The summed E-state index contributed by atoms with van der Waals surface area (Å²) in [5.41, 5.74) is 0.687. The zero-order chi connectivity index (χ0) is 11.4. The predicted molar refractivity (Wildman–Crippen MR) is 62.8 cm³/mol. The molecule has 0 spiro atoms. The largest absolute Gasteiger partial charge is 0.477 e. The third-order valence-corrected chi connectivity index (χ3v) is 4.39. The van der Waals surface area contributed by atoms with Gasteiger partial charge in [-0.3, -0.25) is 4.21 Å². The maximum Gasteiger partial charge on any atom is 0.346 e. The Balaban J connectivity index is 2.68. The second-order valence-corrected chi connectivity index (χ2v) is 6.14. The highest BCUT2D eigenvalue weighted by Gasteiger charge is 2.14. The number of thiophene rings is 1. The Morgan fingerprint density at radius 1 is 1.60 bits per heavy atom. The van der Waals surface area contributed by atoms with Gasteiger partial charge in [0.25, 0.3) is 0 Å². The SMILES string of the molecule is CC(C)CS(=O)Cc1ccsc1C(=O)O. The standard InChI is InChI=1S/C10H14O3S2/c1-7(2)5-15(13)6-8-3-4-14-9(8)10(11)12/h3-4,7H,5-6H2,1-2H3,(H,11,12). The fourth-order valence-corrected chi connectivity index (χ4v) is 3.54. The van der Waals surface area contributed by atoms with E-state index in [1.54, 1.807) is 11.4 Å². The summed E-state index contributed by atoms with van der Waals surface area (Å²) in [6, 6.07) is 1.74. The number of hydrogen-bond acceptors (Lipinski definition) is 3. The molecule has 0 amide bonds. The van der Waals surface area contributed by atoms with Crippen molar-refractivity contribution in [1.29, 1.82) is 0 Å². The van der Waals surface area contributed by atoms with Crippen LogP contribution < -0.4 is 0 Å². The first-order chi connectivity index (χ1) is 7.00. The van der Waals surface area contributed by atoms with Gasteiger partial charge in [0.15, 0.2) is 0 Å². The first-order valence-electron chi connectivity index (χ1n) is 4.65. The van der Waals surface area contributed by atoms with E-state index in [0.29, 0.717) is 27.9 Å². The van der Waals surface area contributed by atoms with Gasteiger partial charge in [-0.2, -0.15) is 0 Å². The van der Waals surface area contributed by atoms with E-state index in [0.717, 1.165) is 0 Å². The van der Waals surface area contributed by atoms with E-state index < -0.39 is 16.8 Å². The zero-order valence-corrected chi connectivity index (χ0v) is 10.4. The van der Waals surface area contributed by atoms with Crippen LogP contribution in [0.1, 0.15) is 29.1 Å². The Morgan fingerprint density at radius 2 is 2.27 bits per heavy atom. The molecule has 1 rings (SSSR count). The smallest absolute Gasteiger partial charge is 0.346 e. The third-order valence-electron chi connectivity index (χ3n) is 1.78. The highest BCUT2D eigenvalue weighted by molar-refractivity contribution is 7.84. The van der Waals surface area contributed by atoms with Crippen LogP contribution in [-0.2, 0) is 16.6 Å². The van der Waals surface area contributed by atoms with E-state index in [2.05, 4.69) is 0 Å². The molecule has 15 heavy (non-hydrogen) atoms. The molecule has 3 nitrogen and oxygen atoms in total. The second-order valence-electron chi connectivity index (χ2n) is 3.72. The summed E-state index contributed by atoms with van der Waals surface area (Å²) in [6.45, 7) is 4.01. The van der Waals surface area contributed by atoms with E-state index in [1.807, 2.05) is 13.8 Å². The van der Waals surface area contributed by atoms with Crippen LogP contribution in [0.25, 0.3) is 0 Å². The van der Waals surface area contributed by atoms with Crippen LogP contribution in [0.15, 0.2) is 11.4 Å². The summed E-state index contributed by atoms with van der Waals surface area (Å²) >= 11 is 1.18. The van der Waals surface area contributed by atoms with Crippen LogP contribution >= 0.6 is 11.3 Å². The van der Waals surface area contributed by atoms with E-state index in [4.69, 9.17) is 5.11 Å². The molecule has 0 fully saturated rings. The monoisotopic (exact) mass is 246 g/mol. The summed E-state index contributed by atoms with van der Waals surface area (Å²) < 4.78 is 11.6. The van der Waals surface area contributed by atoms with Crippen molar-refractivity contribution in [2.45, 2.75) is 19.6 Å². The lowest BCUT2D eigenvalue weighted by atomic mass is 10.3. The number of aromatic carboxylic acids is 1. The van der Waals surface area contributed by atoms with Crippen LogP contribution in [0.3, 0.4) is 0 Å². The van der Waals surface area contributed by atoms with Gasteiger partial charge in [0.2, 0.25) is 0 Å². The average Bonchev–Trinajstić information content (AvgIpc) is 2.50. The molecular formula is C10H14O3S2. The third kappa shape index (κ3) is 3.76. The molecule has 1 N–H and O–H groups in total. The van der Waals surface area contributed by atoms with Gasteiger partial charge in [-0.25, -0.2) is 4.79 Å². The molecule has 5 heteroatoms. The molecule has 0 bridgehead atoms. The van der Waals surface area contributed by atoms with Crippen molar-refractivity contribution in [3.8, 4) is 0 Å². The minimum atomic E-state index is -0.963. The first-order valence-corrected chi connectivity index (χ1v) is 7.02. The normalized spacial score (nSPS) is 13.0. The maximum atomic E-state index is 11.6. The van der Waals surface area contributed by atoms with E-state index in [1.165, 1.54) is 11.3 Å². The van der Waals surface area contributed by atoms with Crippen molar-refractivity contribution in [1.82, 2.24) is 0 Å². The van der Waals surface area contributed by atoms with Crippen molar-refractivity contribution in [3.05, 3.63) is 21.9 Å². The van der Waals surface area contributed by atoms with Crippen LogP contribution in [0.5, 0.6) is 0 Å². The predicted octanol–water partition coefficient (Wildman–Crippen LogP) is 2.35. The molecule has 0 aliphatic carbocycles. The van der Waals surface area contributed by atoms with Crippen LogP contribution in [0, 0.1) is 5.92 Å². The summed E-state index contributed by atoms with van der Waals surface area (Å²) in [5, 5.41) is 10.6. The highest BCUT2D eigenvalue weighted by atomic mass is 32.2. The maximum absolute atomic E-state index is 11.6. The molecule has 0 radical (unpaired) electrons. The summed E-state index contributed by atoms with van der Waals surface area (Å²) in [6.07, 6.45) is 0. The van der Waals surface area contributed by atoms with Gasteiger partial charge in [-0.05, 0) is 22.9 Å². The Bertz CT molecular complexity index is 368. The lowest BCUT2D eigenvalue weighted by molar-refractivity contribution is 0.0701. The molecule has 1 aromatic heterocycles. The summed E-state index contributed by atoms with van der Waals surface area (Å²) in [5.74, 6) is 0.414. The fourth-order valence-electron chi connectivity index (χ4n) is 1.24. The van der Waals surface area contributed by atoms with Gasteiger partial charge in [0.1, 0.15) is 4.88 Å². The van der Waals surface area contributed by atoms with Gasteiger partial charge in [0, 0.05) is 16.6 Å². The average molecular weight is 246 g/mol. The molecule has 1 aromatic rings.